The number of nitrogens with one attached hydrogen (secondary N) is 2. The van der Waals surface area contributed by atoms with E-state index in [9.17, 15) is 27.6 Å². The molecule has 1 aromatic carbocycles. The number of hydrogen-bond donors (Lipinski definition) is 2. The van der Waals surface area contributed by atoms with E-state index in [-0.39, 0.29) is 30.0 Å². The molecule has 3 fully saturated rings. The van der Waals surface area contributed by atoms with Crippen molar-refractivity contribution < 1.29 is 27.6 Å². The third kappa shape index (κ3) is 5.57. The Hall–Kier alpha value is -2.42. The second-order valence-electron chi connectivity index (χ2n) is 9.77. The highest BCUT2D eigenvalue weighted by Gasteiger charge is 2.44. The van der Waals surface area contributed by atoms with Crippen molar-refractivity contribution in [3.8, 4) is 0 Å². The lowest BCUT2D eigenvalue weighted by Crippen LogP contribution is -2.39. The van der Waals surface area contributed by atoms with Gasteiger partial charge in [-0.1, -0.05) is 13.0 Å². The summed E-state index contributed by atoms with van der Waals surface area (Å²) < 4.78 is 38.4. The lowest BCUT2D eigenvalue weighted by molar-refractivity contribution is -0.137. The van der Waals surface area contributed by atoms with Crippen LogP contribution in [0.25, 0.3) is 0 Å². The molecule has 2 unspecified atom stereocenters. The molecule has 180 valence electrons. The van der Waals surface area contributed by atoms with Crippen molar-refractivity contribution in [2.45, 2.75) is 51.2 Å². The number of anilines is 1. The van der Waals surface area contributed by atoms with Crippen molar-refractivity contribution in [2.75, 3.05) is 25.0 Å². The van der Waals surface area contributed by atoms with Gasteiger partial charge in [-0.05, 0) is 61.8 Å². The van der Waals surface area contributed by atoms with E-state index < -0.39 is 17.6 Å². The number of nitrogens with zero attached hydrogens (tertiary/aromatic N) is 1. The largest absolute Gasteiger partial charge is 0.416 e. The molecule has 1 heterocycles. The summed E-state index contributed by atoms with van der Waals surface area (Å²) in [7, 11) is 0. The van der Waals surface area contributed by atoms with Gasteiger partial charge in [0.05, 0.1) is 12.1 Å². The zero-order chi connectivity index (χ0) is 23.8. The van der Waals surface area contributed by atoms with E-state index in [1.54, 1.807) is 0 Å². The minimum absolute atomic E-state index is 0.0339. The Balaban J connectivity index is 1.21. The van der Waals surface area contributed by atoms with Crippen LogP contribution in [0.2, 0.25) is 0 Å². The Labute approximate surface area is 191 Å². The van der Waals surface area contributed by atoms with E-state index in [1.807, 2.05) is 6.92 Å². The van der Waals surface area contributed by atoms with Crippen molar-refractivity contribution in [1.29, 1.82) is 0 Å². The average molecular weight is 466 g/mol. The topological polar surface area (TPSA) is 78.5 Å². The minimum Gasteiger partial charge on any atom is -0.347 e. The number of alkyl halides is 3. The van der Waals surface area contributed by atoms with E-state index in [1.165, 1.54) is 12.1 Å². The molecule has 2 amide bonds. The molecule has 4 rings (SSSR count). The number of carbonyl (C=O) groups is 3. The summed E-state index contributed by atoms with van der Waals surface area (Å²) in [6, 6.07) is 4.88. The molecule has 33 heavy (non-hydrogen) atoms. The summed E-state index contributed by atoms with van der Waals surface area (Å²) in [5.74, 6) is 0.572. The zero-order valence-electron chi connectivity index (χ0n) is 18.7. The maximum absolute atomic E-state index is 12.8. The highest BCUT2D eigenvalue weighted by Crippen LogP contribution is 2.45. The fraction of sp³-hybridized carbons (Fsp3) is 0.625. The van der Waals surface area contributed by atoms with Gasteiger partial charge in [0.25, 0.3) is 0 Å². The van der Waals surface area contributed by atoms with Gasteiger partial charge < -0.3 is 15.5 Å². The number of likely N-dealkylation sites (tertiary alicyclic amines) is 1. The molecule has 3 aliphatic rings. The van der Waals surface area contributed by atoms with Crippen molar-refractivity contribution in [1.82, 2.24) is 10.2 Å². The van der Waals surface area contributed by atoms with Gasteiger partial charge in [0, 0.05) is 37.0 Å². The number of carbonyl (C=O) groups excluding carboxylic acids is 3. The van der Waals surface area contributed by atoms with E-state index in [4.69, 9.17) is 0 Å². The Morgan fingerprint density at radius 3 is 2.55 bits per heavy atom. The number of hydrogen-bond acceptors (Lipinski definition) is 4. The number of rotatable bonds is 6. The van der Waals surface area contributed by atoms with Crippen LogP contribution in [0.1, 0.15) is 44.6 Å². The zero-order valence-corrected chi connectivity index (χ0v) is 18.7. The maximum atomic E-state index is 12.8. The molecular formula is C24H30F3N3O3. The van der Waals surface area contributed by atoms with Crippen LogP contribution in [0.3, 0.4) is 0 Å². The van der Waals surface area contributed by atoms with Crippen molar-refractivity contribution in [3.05, 3.63) is 29.8 Å². The lowest BCUT2D eigenvalue weighted by atomic mass is 9.92. The number of benzene rings is 1. The number of amides is 2. The second-order valence-corrected chi connectivity index (χ2v) is 9.77. The van der Waals surface area contributed by atoms with Gasteiger partial charge in [-0.15, -0.1) is 0 Å². The van der Waals surface area contributed by atoms with Gasteiger partial charge in [-0.25, -0.2) is 0 Å². The van der Waals surface area contributed by atoms with Crippen LogP contribution in [0.15, 0.2) is 24.3 Å². The molecule has 2 saturated carbocycles. The van der Waals surface area contributed by atoms with Gasteiger partial charge in [0.2, 0.25) is 11.8 Å². The summed E-state index contributed by atoms with van der Waals surface area (Å²) in [4.78, 5) is 38.8. The molecule has 0 spiro atoms. The summed E-state index contributed by atoms with van der Waals surface area (Å²) >= 11 is 0. The predicted octanol–water partition coefficient (Wildman–Crippen LogP) is 3.48. The van der Waals surface area contributed by atoms with Crippen LogP contribution in [-0.2, 0) is 20.6 Å². The molecule has 0 radical (unpaired) electrons. The van der Waals surface area contributed by atoms with E-state index in [0.29, 0.717) is 23.7 Å². The molecule has 1 aliphatic heterocycles. The first-order valence-corrected chi connectivity index (χ1v) is 11.6. The van der Waals surface area contributed by atoms with Crippen LogP contribution < -0.4 is 10.6 Å². The number of halogens is 3. The van der Waals surface area contributed by atoms with Crippen LogP contribution >= 0.6 is 0 Å². The molecule has 2 aliphatic carbocycles. The van der Waals surface area contributed by atoms with Crippen LogP contribution in [0.4, 0.5) is 18.9 Å². The Kier molecular flexibility index (Phi) is 6.79. The normalized spacial score (nSPS) is 28.5. The Morgan fingerprint density at radius 2 is 1.88 bits per heavy atom. The van der Waals surface area contributed by atoms with Crippen LogP contribution in [-0.4, -0.2) is 48.2 Å². The first-order valence-electron chi connectivity index (χ1n) is 11.6. The summed E-state index contributed by atoms with van der Waals surface area (Å²) in [5.41, 5.74) is -0.812. The van der Waals surface area contributed by atoms with Gasteiger partial charge >= 0.3 is 6.18 Å². The summed E-state index contributed by atoms with van der Waals surface area (Å²) in [5, 5.41) is 5.02. The van der Waals surface area contributed by atoms with Gasteiger partial charge in [0.15, 0.2) is 0 Å². The fourth-order valence-corrected chi connectivity index (χ4v) is 5.72. The molecular weight excluding hydrogens is 435 g/mol. The first kappa shape index (κ1) is 23.7. The monoisotopic (exact) mass is 465 g/mol. The standard InChI is InChI=1S/C24H30F3N3O3/c1-14(15-5-6-30(13-15)20-7-16-9-21(31)10-17(16)8-20)23(33)28-12-22(32)29-19-4-2-3-18(11-19)24(25,26)27/h2-4,11,14-17,20H,5-10,12-13H2,1H3,(H,28,33)(H,29,32)/t14-,15+,16?,17?,20?/m0/s1. The summed E-state index contributed by atoms with van der Waals surface area (Å²) in [6.07, 6.45) is 0.00247. The van der Waals surface area contributed by atoms with E-state index >= 15 is 0 Å². The fourth-order valence-electron chi connectivity index (χ4n) is 5.72. The number of ketones is 1. The number of fused-ring (bicyclic) bond motifs is 1. The van der Waals surface area contributed by atoms with Crippen LogP contribution in [0.5, 0.6) is 0 Å². The Bertz CT molecular complexity index is 904. The summed E-state index contributed by atoms with van der Waals surface area (Å²) in [6.45, 7) is 3.34. The highest BCUT2D eigenvalue weighted by atomic mass is 19.4. The average Bonchev–Trinajstić information content (AvgIpc) is 3.45. The van der Waals surface area contributed by atoms with Crippen molar-refractivity contribution >= 4 is 23.3 Å². The third-order valence-corrected chi connectivity index (χ3v) is 7.59. The molecule has 0 aromatic heterocycles. The third-order valence-electron chi connectivity index (χ3n) is 7.59. The van der Waals surface area contributed by atoms with Gasteiger partial charge in [0.1, 0.15) is 5.78 Å². The highest BCUT2D eigenvalue weighted by molar-refractivity contribution is 5.94. The lowest BCUT2D eigenvalue weighted by Gasteiger charge is -2.25. The van der Waals surface area contributed by atoms with Crippen molar-refractivity contribution in [3.63, 3.8) is 0 Å². The van der Waals surface area contributed by atoms with Crippen LogP contribution in [0, 0.1) is 23.7 Å². The Morgan fingerprint density at radius 1 is 1.18 bits per heavy atom. The maximum Gasteiger partial charge on any atom is 0.416 e. The molecule has 1 aromatic rings. The van der Waals surface area contributed by atoms with E-state index in [0.717, 1.165) is 57.3 Å². The predicted molar refractivity (Wildman–Crippen MR) is 116 cm³/mol. The van der Waals surface area contributed by atoms with Crippen molar-refractivity contribution in [2.24, 2.45) is 23.7 Å². The quantitative estimate of drug-likeness (QED) is 0.675. The second kappa shape index (κ2) is 9.44. The smallest absolute Gasteiger partial charge is 0.347 e. The molecule has 0 bridgehead atoms. The molecule has 4 atom stereocenters. The number of Topliss-reactive ketones (excluding diaryl/α,β-unsaturated/α-hetero) is 1. The van der Waals surface area contributed by atoms with E-state index in [2.05, 4.69) is 15.5 Å². The molecule has 1 saturated heterocycles. The molecule has 6 nitrogen and oxygen atoms in total. The SMILES string of the molecule is C[C@H](C(=O)NCC(=O)Nc1cccc(C(F)(F)F)c1)[C@@H]1CCN(C2CC3CC(=O)CC3C2)C1. The molecule has 2 N–H and O–H groups in total. The first-order chi connectivity index (χ1) is 15.6. The van der Waals surface area contributed by atoms with Gasteiger partial charge in [-0.2, -0.15) is 13.2 Å². The minimum atomic E-state index is -4.49. The van der Waals surface area contributed by atoms with Gasteiger partial charge in [-0.3, -0.25) is 14.4 Å². The molecule has 9 heteroatoms.